The van der Waals surface area contributed by atoms with Crippen LogP contribution in [0.2, 0.25) is 0 Å². The van der Waals surface area contributed by atoms with E-state index in [0.717, 1.165) is 10.9 Å². The van der Waals surface area contributed by atoms with Gasteiger partial charge in [0.05, 0.1) is 6.42 Å². The van der Waals surface area contributed by atoms with E-state index in [-0.39, 0.29) is 12.2 Å². The van der Waals surface area contributed by atoms with Crippen LogP contribution in [0.25, 0.3) is 22.2 Å². The average molecular weight is 252 g/mol. The Bertz CT molecular complexity index is 746. The number of aromatic nitrogens is 2. The molecule has 0 unspecified atom stereocenters. The maximum atomic E-state index is 11.0. The summed E-state index contributed by atoms with van der Waals surface area (Å²) in [5, 5.41) is 6.20. The van der Waals surface area contributed by atoms with Crippen LogP contribution >= 0.6 is 0 Å². The standard InChI is InChI=1S/C15H12N2O2/c1-10(18)8-14-16-15(17-19-14)13-7-6-11-4-2-3-5-12(11)9-13/h2-7,9H,8H2,1H3. The van der Waals surface area contributed by atoms with E-state index in [9.17, 15) is 4.79 Å². The van der Waals surface area contributed by atoms with Crippen molar-refractivity contribution in [1.29, 1.82) is 0 Å². The van der Waals surface area contributed by atoms with Crippen molar-refractivity contribution in [2.45, 2.75) is 13.3 Å². The summed E-state index contributed by atoms with van der Waals surface area (Å²) < 4.78 is 5.06. The molecule has 4 heteroatoms. The first kappa shape index (κ1) is 11.6. The Morgan fingerprint density at radius 3 is 2.74 bits per heavy atom. The van der Waals surface area contributed by atoms with E-state index in [4.69, 9.17) is 4.52 Å². The SMILES string of the molecule is CC(=O)Cc1nc(-c2ccc3ccccc3c2)no1. The second-order valence-corrected chi connectivity index (χ2v) is 4.45. The van der Waals surface area contributed by atoms with Gasteiger partial charge in [0.2, 0.25) is 11.7 Å². The van der Waals surface area contributed by atoms with E-state index in [0.29, 0.717) is 11.7 Å². The Labute approximate surface area is 110 Å². The second-order valence-electron chi connectivity index (χ2n) is 4.45. The van der Waals surface area contributed by atoms with Gasteiger partial charge < -0.3 is 4.52 Å². The third-order valence-corrected chi connectivity index (χ3v) is 2.88. The highest BCUT2D eigenvalue weighted by Crippen LogP contribution is 2.22. The monoisotopic (exact) mass is 252 g/mol. The summed E-state index contributed by atoms with van der Waals surface area (Å²) in [7, 11) is 0. The Kier molecular flexibility index (Phi) is 2.83. The summed E-state index contributed by atoms with van der Waals surface area (Å²) in [4.78, 5) is 15.2. The van der Waals surface area contributed by atoms with E-state index in [1.807, 2.05) is 36.4 Å². The summed E-state index contributed by atoms with van der Waals surface area (Å²) in [5.41, 5.74) is 0.886. The number of hydrogen-bond donors (Lipinski definition) is 0. The summed E-state index contributed by atoms with van der Waals surface area (Å²) in [5.74, 6) is 0.881. The quantitative estimate of drug-likeness (QED) is 0.719. The molecule has 0 aliphatic carbocycles. The number of benzene rings is 2. The van der Waals surface area contributed by atoms with Gasteiger partial charge in [-0.25, -0.2) is 0 Å². The lowest BCUT2D eigenvalue weighted by atomic mass is 10.1. The molecule has 4 nitrogen and oxygen atoms in total. The third kappa shape index (κ3) is 2.38. The predicted molar refractivity (Wildman–Crippen MR) is 71.6 cm³/mol. The van der Waals surface area contributed by atoms with Crippen LogP contribution in [-0.4, -0.2) is 15.9 Å². The van der Waals surface area contributed by atoms with Gasteiger partial charge in [-0.3, -0.25) is 4.79 Å². The second kappa shape index (κ2) is 4.65. The summed E-state index contributed by atoms with van der Waals surface area (Å²) in [6.45, 7) is 1.50. The topological polar surface area (TPSA) is 56.0 Å². The molecule has 0 aliphatic heterocycles. The summed E-state index contributed by atoms with van der Waals surface area (Å²) in [6, 6.07) is 14.1. The Balaban J connectivity index is 1.99. The third-order valence-electron chi connectivity index (χ3n) is 2.88. The van der Waals surface area contributed by atoms with E-state index in [2.05, 4.69) is 16.2 Å². The van der Waals surface area contributed by atoms with Gasteiger partial charge >= 0.3 is 0 Å². The average Bonchev–Trinajstić information content (AvgIpc) is 2.86. The first-order chi connectivity index (χ1) is 9.22. The van der Waals surface area contributed by atoms with Crippen LogP contribution in [0.1, 0.15) is 12.8 Å². The number of carbonyl (C=O) groups excluding carboxylic acids is 1. The highest BCUT2D eigenvalue weighted by Gasteiger charge is 2.10. The van der Waals surface area contributed by atoms with Gasteiger partial charge in [-0.15, -0.1) is 0 Å². The van der Waals surface area contributed by atoms with Crippen LogP contribution in [-0.2, 0) is 11.2 Å². The van der Waals surface area contributed by atoms with Gasteiger partial charge in [0.15, 0.2) is 0 Å². The normalized spacial score (nSPS) is 10.8. The van der Waals surface area contributed by atoms with E-state index in [1.54, 1.807) is 0 Å². The zero-order chi connectivity index (χ0) is 13.2. The molecule has 0 amide bonds. The van der Waals surface area contributed by atoms with Crippen molar-refractivity contribution in [2.75, 3.05) is 0 Å². The van der Waals surface area contributed by atoms with Crippen molar-refractivity contribution >= 4 is 16.6 Å². The van der Waals surface area contributed by atoms with Crippen LogP contribution in [0.4, 0.5) is 0 Å². The van der Waals surface area contributed by atoms with Gasteiger partial charge in [0.1, 0.15) is 5.78 Å². The number of Topliss-reactive ketones (excluding diaryl/α,β-unsaturated/α-hetero) is 1. The Morgan fingerprint density at radius 2 is 1.95 bits per heavy atom. The van der Waals surface area contributed by atoms with Crippen molar-refractivity contribution in [2.24, 2.45) is 0 Å². The molecule has 2 aromatic carbocycles. The fourth-order valence-corrected chi connectivity index (χ4v) is 1.99. The first-order valence-corrected chi connectivity index (χ1v) is 6.03. The molecule has 0 saturated carbocycles. The lowest BCUT2D eigenvalue weighted by Crippen LogP contribution is -1.95. The number of fused-ring (bicyclic) bond motifs is 1. The fourth-order valence-electron chi connectivity index (χ4n) is 1.99. The maximum absolute atomic E-state index is 11.0. The van der Waals surface area contributed by atoms with Gasteiger partial charge in [-0.2, -0.15) is 4.98 Å². The van der Waals surface area contributed by atoms with Crippen LogP contribution < -0.4 is 0 Å². The number of carbonyl (C=O) groups is 1. The molecule has 3 aromatic rings. The number of nitrogens with zero attached hydrogens (tertiary/aromatic N) is 2. The number of ketones is 1. The summed E-state index contributed by atoms with van der Waals surface area (Å²) >= 11 is 0. The lowest BCUT2D eigenvalue weighted by Gasteiger charge is -1.99. The molecule has 3 rings (SSSR count). The van der Waals surface area contributed by atoms with Gasteiger partial charge in [0, 0.05) is 5.56 Å². The molecule has 0 fully saturated rings. The molecular formula is C15H12N2O2. The minimum Gasteiger partial charge on any atom is -0.339 e. The van der Waals surface area contributed by atoms with E-state index < -0.39 is 0 Å². The molecular weight excluding hydrogens is 240 g/mol. The molecule has 0 radical (unpaired) electrons. The zero-order valence-corrected chi connectivity index (χ0v) is 10.5. The minimum absolute atomic E-state index is 0.00807. The zero-order valence-electron chi connectivity index (χ0n) is 10.5. The summed E-state index contributed by atoms with van der Waals surface area (Å²) in [6.07, 6.45) is 0.181. The van der Waals surface area contributed by atoms with Crippen molar-refractivity contribution in [3.05, 3.63) is 48.4 Å². The molecule has 1 aromatic heterocycles. The van der Waals surface area contributed by atoms with Crippen LogP contribution in [0.5, 0.6) is 0 Å². The van der Waals surface area contributed by atoms with Gasteiger partial charge in [0.25, 0.3) is 0 Å². The largest absolute Gasteiger partial charge is 0.339 e. The predicted octanol–water partition coefficient (Wildman–Crippen LogP) is 3.02. The molecule has 0 N–H and O–H groups in total. The Hall–Kier alpha value is -2.49. The highest BCUT2D eigenvalue weighted by molar-refractivity contribution is 5.86. The Morgan fingerprint density at radius 1 is 1.16 bits per heavy atom. The highest BCUT2D eigenvalue weighted by atomic mass is 16.5. The molecule has 1 heterocycles. The molecule has 0 aliphatic rings. The first-order valence-electron chi connectivity index (χ1n) is 6.03. The van der Waals surface area contributed by atoms with Crippen molar-refractivity contribution in [3.63, 3.8) is 0 Å². The van der Waals surface area contributed by atoms with Gasteiger partial charge in [-0.05, 0) is 23.8 Å². The molecule has 0 bridgehead atoms. The van der Waals surface area contributed by atoms with Crippen molar-refractivity contribution in [1.82, 2.24) is 10.1 Å². The number of hydrogen-bond acceptors (Lipinski definition) is 4. The lowest BCUT2D eigenvalue weighted by molar-refractivity contribution is -0.116. The molecule has 94 valence electrons. The minimum atomic E-state index is 0.00807. The van der Waals surface area contributed by atoms with E-state index in [1.165, 1.54) is 12.3 Å². The molecule has 0 saturated heterocycles. The van der Waals surface area contributed by atoms with Crippen molar-refractivity contribution < 1.29 is 9.32 Å². The molecule has 19 heavy (non-hydrogen) atoms. The van der Waals surface area contributed by atoms with Gasteiger partial charge in [-0.1, -0.05) is 41.6 Å². The fraction of sp³-hybridized carbons (Fsp3) is 0.133. The van der Waals surface area contributed by atoms with Crippen LogP contribution in [0, 0.1) is 0 Å². The van der Waals surface area contributed by atoms with Crippen LogP contribution in [0.3, 0.4) is 0 Å². The van der Waals surface area contributed by atoms with Crippen molar-refractivity contribution in [3.8, 4) is 11.4 Å². The molecule has 0 atom stereocenters. The molecule has 0 spiro atoms. The maximum Gasteiger partial charge on any atom is 0.234 e. The number of rotatable bonds is 3. The van der Waals surface area contributed by atoms with E-state index >= 15 is 0 Å². The van der Waals surface area contributed by atoms with Crippen LogP contribution in [0.15, 0.2) is 47.0 Å². The smallest absolute Gasteiger partial charge is 0.234 e.